The van der Waals surface area contributed by atoms with Crippen molar-refractivity contribution >= 4 is 17.9 Å². The molecule has 34 heavy (non-hydrogen) atoms. The van der Waals surface area contributed by atoms with Crippen LogP contribution in [0.5, 0.6) is 0 Å². The number of hydrogen-bond acceptors (Lipinski definition) is 7. The first-order valence-corrected chi connectivity index (χ1v) is 10.5. The highest BCUT2D eigenvalue weighted by Gasteiger charge is 2.47. The van der Waals surface area contributed by atoms with Crippen LogP contribution in [0.1, 0.15) is 31.2 Å². The fraction of sp³-hybridized carbons (Fsp3) is 0.381. The predicted octanol–water partition coefficient (Wildman–Crippen LogP) is 3.86. The van der Waals surface area contributed by atoms with E-state index in [0.29, 0.717) is 18.5 Å². The second kappa shape index (κ2) is 7.92. The van der Waals surface area contributed by atoms with Crippen molar-refractivity contribution in [1.29, 1.82) is 0 Å². The number of hydrogen-bond donors (Lipinski definition) is 1. The molecule has 0 unspecified atom stereocenters. The van der Waals surface area contributed by atoms with Gasteiger partial charge in [0.2, 0.25) is 5.95 Å². The van der Waals surface area contributed by atoms with Gasteiger partial charge in [-0.25, -0.2) is 19.2 Å². The van der Waals surface area contributed by atoms with E-state index in [1.807, 2.05) is 0 Å². The lowest BCUT2D eigenvalue weighted by Gasteiger charge is -2.22. The van der Waals surface area contributed by atoms with Crippen LogP contribution in [0, 0.1) is 0 Å². The molecule has 1 aliphatic carbocycles. The molecule has 0 aromatic carbocycles. The largest absolute Gasteiger partial charge is 0.447 e. The standard InChI is InChI=1S/C21H19F4N7O2/c1-12(22)14-10-34-19(33)32(14)17-3-7-27-18(29-17)30-20(4-5-20)16-9-31(11-28-16)13-2-6-26-15(8-13)21(23,24)25/h2-3,6-9,11-12,14H,4-5,10H2,1H3,(H,27,29,30)/t12-,14+/m0/s1. The second-order valence-corrected chi connectivity index (χ2v) is 8.20. The zero-order valence-corrected chi connectivity index (χ0v) is 17.8. The molecule has 0 radical (unpaired) electrons. The van der Waals surface area contributed by atoms with Gasteiger partial charge in [-0.1, -0.05) is 0 Å². The number of carbonyl (C=O) groups is 1. The lowest BCUT2D eigenvalue weighted by atomic mass is 10.2. The average Bonchev–Trinajstić information content (AvgIpc) is 3.21. The molecule has 1 saturated heterocycles. The molecule has 5 rings (SSSR count). The van der Waals surface area contributed by atoms with Crippen LogP contribution in [-0.2, 0) is 16.5 Å². The van der Waals surface area contributed by atoms with Crippen LogP contribution in [0.2, 0.25) is 0 Å². The number of aromatic nitrogens is 5. The number of carbonyl (C=O) groups excluding carboxylic acids is 1. The summed E-state index contributed by atoms with van der Waals surface area (Å²) in [6.45, 7) is 1.27. The third-order valence-corrected chi connectivity index (χ3v) is 5.83. The molecule has 13 heteroatoms. The van der Waals surface area contributed by atoms with Crippen molar-refractivity contribution in [1.82, 2.24) is 24.5 Å². The fourth-order valence-electron chi connectivity index (χ4n) is 3.81. The Morgan fingerprint density at radius 3 is 2.68 bits per heavy atom. The quantitative estimate of drug-likeness (QED) is 0.539. The molecule has 1 saturated carbocycles. The highest BCUT2D eigenvalue weighted by Crippen LogP contribution is 2.47. The number of nitrogens with one attached hydrogen (secondary N) is 1. The molecule has 4 heterocycles. The van der Waals surface area contributed by atoms with Gasteiger partial charge in [-0.05, 0) is 38.0 Å². The second-order valence-electron chi connectivity index (χ2n) is 8.20. The number of cyclic esters (lactones) is 1. The van der Waals surface area contributed by atoms with Crippen molar-refractivity contribution in [2.24, 2.45) is 0 Å². The highest BCUT2D eigenvalue weighted by atomic mass is 19.4. The Kier molecular flexibility index (Phi) is 5.14. The zero-order valence-electron chi connectivity index (χ0n) is 17.8. The lowest BCUT2D eigenvalue weighted by molar-refractivity contribution is -0.141. The smallest absolute Gasteiger partial charge is 0.433 e. The maximum Gasteiger partial charge on any atom is 0.433 e. The Balaban J connectivity index is 1.38. The molecule has 1 N–H and O–H groups in total. The summed E-state index contributed by atoms with van der Waals surface area (Å²) in [7, 11) is 0. The van der Waals surface area contributed by atoms with Gasteiger partial charge >= 0.3 is 12.3 Å². The fourth-order valence-corrected chi connectivity index (χ4v) is 3.81. The zero-order chi connectivity index (χ0) is 24.1. The monoisotopic (exact) mass is 477 g/mol. The number of anilines is 2. The first kappa shape index (κ1) is 22.0. The summed E-state index contributed by atoms with van der Waals surface area (Å²) >= 11 is 0. The lowest BCUT2D eigenvalue weighted by Crippen LogP contribution is -2.39. The van der Waals surface area contributed by atoms with E-state index in [4.69, 9.17) is 4.74 Å². The Labute approximate surface area is 190 Å². The van der Waals surface area contributed by atoms with E-state index in [1.165, 1.54) is 36.1 Å². The predicted molar refractivity (Wildman–Crippen MR) is 111 cm³/mol. The van der Waals surface area contributed by atoms with Gasteiger partial charge in [0.05, 0.1) is 23.2 Å². The maximum absolute atomic E-state index is 13.9. The summed E-state index contributed by atoms with van der Waals surface area (Å²) in [5.41, 5.74) is -0.731. The molecule has 178 valence electrons. The molecular weight excluding hydrogens is 458 g/mol. The van der Waals surface area contributed by atoms with Crippen molar-refractivity contribution in [2.45, 2.75) is 43.7 Å². The minimum Gasteiger partial charge on any atom is -0.447 e. The van der Waals surface area contributed by atoms with Crippen LogP contribution >= 0.6 is 0 Å². The van der Waals surface area contributed by atoms with Gasteiger partial charge in [0.1, 0.15) is 30.3 Å². The van der Waals surface area contributed by atoms with Gasteiger partial charge in [0.25, 0.3) is 0 Å². The molecule has 2 atom stereocenters. The van der Waals surface area contributed by atoms with Crippen LogP contribution in [0.3, 0.4) is 0 Å². The Morgan fingerprint density at radius 1 is 1.21 bits per heavy atom. The van der Waals surface area contributed by atoms with Crippen LogP contribution in [-0.4, -0.2) is 49.4 Å². The summed E-state index contributed by atoms with van der Waals surface area (Å²) in [6.07, 6.45) is 0.432. The number of halogens is 4. The number of rotatable bonds is 6. The molecule has 0 spiro atoms. The molecule has 1 amide bonds. The van der Waals surface area contributed by atoms with Crippen molar-refractivity contribution in [3.63, 3.8) is 0 Å². The molecule has 1 aliphatic heterocycles. The number of pyridine rings is 1. The van der Waals surface area contributed by atoms with Gasteiger partial charge in [-0.2, -0.15) is 18.2 Å². The highest BCUT2D eigenvalue weighted by molar-refractivity contribution is 5.89. The van der Waals surface area contributed by atoms with E-state index < -0.39 is 35.7 Å². The first-order chi connectivity index (χ1) is 16.2. The van der Waals surface area contributed by atoms with E-state index in [0.717, 1.165) is 17.2 Å². The van der Waals surface area contributed by atoms with E-state index in [-0.39, 0.29) is 24.1 Å². The van der Waals surface area contributed by atoms with Crippen LogP contribution in [0.4, 0.5) is 34.1 Å². The third-order valence-electron chi connectivity index (χ3n) is 5.83. The minimum absolute atomic E-state index is 0.0737. The van der Waals surface area contributed by atoms with Crippen molar-refractivity contribution in [2.75, 3.05) is 16.8 Å². The van der Waals surface area contributed by atoms with E-state index in [1.54, 1.807) is 6.20 Å². The summed E-state index contributed by atoms with van der Waals surface area (Å²) < 4.78 is 59.4. The number of imidazole rings is 1. The van der Waals surface area contributed by atoms with Gasteiger partial charge in [-0.15, -0.1) is 0 Å². The first-order valence-electron chi connectivity index (χ1n) is 10.5. The summed E-state index contributed by atoms with van der Waals surface area (Å²) in [4.78, 5) is 29.6. The van der Waals surface area contributed by atoms with Gasteiger partial charge in [0.15, 0.2) is 0 Å². The molecule has 3 aromatic heterocycles. The third kappa shape index (κ3) is 4.01. The number of alkyl halides is 4. The molecule has 0 bridgehead atoms. The number of ether oxygens (including phenoxy) is 1. The molecular formula is C21H19F4N7O2. The van der Waals surface area contributed by atoms with Crippen LogP contribution < -0.4 is 10.2 Å². The van der Waals surface area contributed by atoms with Gasteiger partial charge < -0.3 is 14.6 Å². The Hall–Kier alpha value is -3.77. The average molecular weight is 477 g/mol. The van der Waals surface area contributed by atoms with E-state index in [2.05, 4.69) is 25.3 Å². The summed E-state index contributed by atoms with van der Waals surface area (Å²) in [5.74, 6) is 0.407. The maximum atomic E-state index is 13.9. The summed E-state index contributed by atoms with van der Waals surface area (Å²) in [5, 5.41) is 3.21. The molecule has 3 aromatic rings. The number of nitrogens with zero attached hydrogens (tertiary/aromatic N) is 6. The SMILES string of the molecule is C[C@H](F)[C@H]1COC(=O)N1c1ccnc(NC2(c3cn(-c4ccnc(C(F)(F)F)c4)cn3)CC2)n1. The molecule has 2 aliphatic rings. The van der Waals surface area contributed by atoms with Gasteiger partial charge in [-0.3, -0.25) is 9.88 Å². The Morgan fingerprint density at radius 2 is 1.97 bits per heavy atom. The molecule has 9 nitrogen and oxygen atoms in total. The van der Waals surface area contributed by atoms with Crippen molar-refractivity contribution in [3.05, 3.63) is 54.5 Å². The number of amides is 1. The van der Waals surface area contributed by atoms with Crippen molar-refractivity contribution in [3.8, 4) is 5.69 Å². The molecule has 2 fully saturated rings. The normalized spacial score (nSPS) is 20.2. The minimum atomic E-state index is -4.55. The van der Waals surface area contributed by atoms with Gasteiger partial charge in [0, 0.05) is 18.6 Å². The topological polar surface area (TPSA) is 98.1 Å². The van der Waals surface area contributed by atoms with E-state index >= 15 is 0 Å². The van der Waals surface area contributed by atoms with Crippen molar-refractivity contribution < 1.29 is 27.1 Å². The Bertz CT molecular complexity index is 1230. The van der Waals surface area contributed by atoms with E-state index in [9.17, 15) is 22.4 Å². The van der Waals surface area contributed by atoms with Crippen LogP contribution in [0.25, 0.3) is 5.69 Å². The summed E-state index contributed by atoms with van der Waals surface area (Å²) in [6, 6.07) is 3.10. The van der Waals surface area contributed by atoms with Crippen LogP contribution in [0.15, 0.2) is 43.1 Å².